The van der Waals surface area contributed by atoms with E-state index in [0.29, 0.717) is 0 Å². The van der Waals surface area contributed by atoms with Crippen LogP contribution in [0.2, 0.25) is 6.04 Å². The van der Waals surface area contributed by atoms with E-state index in [1.54, 1.807) is 0 Å². The minimum Gasteiger partial charge on any atom is -0.345 e. The van der Waals surface area contributed by atoms with Gasteiger partial charge in [-0.3, -0.25) is 0 Å². The van der Waals surface area contributed by atoms with Gasteiger partial charge in [-0.15, -0.1) is 0 Å². The smallest absolute Gasteiger partial charge is 0.0913 e. The van der Waals surface area contributed by atoms with E-state index in [-0.39, 0.29) is 9.68 Å². The van der Waals surface area contributed by atoms with Gasteiger partial charge in [-0.2, -0.15) is 0 Å². The zero-order valence-electron chi connectivity index (χ0n) is 4.62. The maximum absolute atomic E-state index is 3.21. The molecule has 1 nitrogen and oxygen atoms in total. The predicted octanol–water partition coefficient (Wildman–Crippen LogP) is 0.118. The SMILES string of the molecule is CCC[SiH2]NC. The average molecular weight is 103 g/mol. The number of hydrogen-bond acceptors (Lipinski definition) is 1. The Labute approximate surface area is 42.0 Å². The Morgan fingerprint density at radius 1 is 1.67 bits per heavy atom. The largest absolute Gasteiger partial charge is 0.345 e. The van der Waals surface area contributed by atoms with Gasteiger partial charge in [0, 0.05) is 0 Å². The first-order valence-corrected chi connectivity index (χ1v) is 4.27. The first-order valence-electron chi connectivity index (χ1n) is 2.56. The van der Waals surface area contributed by atoms with E-state index in [4.69, 9.17) is 0 Å². The predicted molar refractivity (Wildman–Crippen MR) is 32.7 cm³/mol. The second-order valence-corrected chi connectivity index (χ2v) is 3.37. The molecule has 0 saturated heterocycles. The van der Waals surface area contributed by atoms with E-state index in [1.165, 1.54) is 12.5 Å². The summed E-state index contributed by atoms with van der Waals surface area (Å²) in [5.41, 5.74) is 0. The van der Waals surface area contributed by atoms with Gasteiger partial charge in [-0.25, -0.2) is 0 Å². The Hall–Kier alpha value is 0.177. The lowest BCUT2D eigenvalue weighted by Crippen LogP contribution is -2.10. The van der Waals surface area contributed by atoms with Crippen LogP contribution in [-0.2, 0) is 0 Å². The molecule has 0 unspecified atom stereocenters. The third-order valence-electron chi connectivity index (χ3n) is 0.780. The Kier molecular flexibility index (Phi) is 5.33. The maximum atomic E-state index is 3.21. The van der Waals surface area contributed by atoms with Gasteiger partial charge in [-0.1, -0.05) is 19.4 Å². The lowest BCUT2D eigenvalue weighted by atomic mass is 10.6. The van der Waals surface area contributed by atoms with Gasteiger partial charge in [0.2, 0.25) is 0 Å². The first-order chi connectivity index (χ1) is 2.91. The molecule has 0 saturated carbocycles. The van der Waals surface area contributed by atoms with Crippen molar-refractivity contribution in [3.05, 3.63) is 0 Å². The Morgan fingerprint density at radius 2 is 2.33 bits per heavy atom. The third kappa shape index (κ3) is 4.18. The molecule has 38 valence electrons. The lowest BCUT2D eigenvalue weighted by molar-refractivity contribution is 1.05. The van der Waals surface area contributed by atoms with Crippen LogP contribution < -0.4 is 4.98 Å². The van der Waals surface area contributed by atoms with Crippen LogP contribution in [0.1, 0.15) is 13.3 Å². The second-order valence-electron chi connectivity index (χ2n) is 1.46. The van der Waals surface area contributed by atoms with Gasteiger partial charge in [0.1, 0.15) is 0 Å². The van der Waals surface area contributed by atoms with E-state index < -0.39 is 0 Å². The highest BCUT2D eigenvalue weighted by Crippen LogP contribution is 1.79. The minimum absolute atomic E-state index is 0.172. The fourth-order valence-corrected chi connectivity index (χ4v) is 1.06. The van der Waals surface area contributed by atoms with Crippen molar-refractivity contribution in [2.75, 3.05) is 7.05 Å². The summed E-state index contributed by atoms with van der Waals surface area (Å²) >= 11 is 0. The molecule has 0 bridgehead atoms. The molecular weight excluding hydrogens is 90.1 g/mol. The van der Waals surface area contributed by atoms with Crippen molar-refractivity contribution in [2.45, 2.75) is 19.4 Å². The topological polar surface area (TPSA) is 12.0 Å². The average Bonchev–Trinajstić information content (AvgIpc) is 1.61. The summed E-state index contributed by atoms with van der Waals surface area (Å²) in [7, 11) is 2.22. The Bertz CT molecular complexity index is 19.5. The molecule has 6 heavy (non-hydrogen) atoms. The van der Waals surface area contributed by atoms with Crippen molar-refractivity contribution in [1.29, 1.82) is 0 Å². The van der Waals surface area contributed by atoms with Crippen molar-refractivity contribution in [3.8, 4) is 0 Å². The first kappa shape index (κ1) is 6.18. The molecule has 0 aromatic heterocycles. The van der Waals surface area contributed by atoms with E-state index in [1.807, 2.05) is 7.05 Å². The van der Waals surface area contributed by atoms with Crippen LogP contribution in [0.4, 0.5) is 0 Å². The van der Waals surface area contributed by atoms with Gasteiger partial charge < -0.3 is 4.98 Å². The standard InChI is InChI=1S/C4H13NSi/c1-3-4-6-5-2/h5H,3-4,6H2,1-2H3. The maximum Gasteiger partial charge on any atom is 0.0913 e. The highest BCUT2D eigenvalue weighted by molar-refractivity contribution is 6.31. The summed E-state index contributed by atoms with van der Waals surface area (Å²) in [6, 6.07) is 1.44. The summed E-state index contributed by atoms with van der Waals surface area (Å²) in [4.78, 5) is 3.21. The fraction of sp³-hybridized carbons (Fsp3) is 1.00. The molecule has 0 heterocycles. The van der Waals surface area contributed by atoms with Crippen molar-refractivity contribution < 1.29 is 0 Å². The highest BCUT2D eigenvalue weighted by atomic mass is 28.2. The lowest BCUT2D eigenvalue weighted by Gasteiger charge is -1.88. The zero-order chi connectivity index (χ0) is 4.83. The van der Waals surface area contributed by atoms with E-state index >= 15 is 0 Å². The van der Waals surface area contributed by atoms with Crippen LogP contribution in [-0.4, -0.2) is 16.7 Å². The van der Waals surface area contributed by atoms with E-state index in [9.17, 15) is 0 Å². The molecule has 0 aliphatic heterocycles. The van der Waals surface area contributed by atoms with Crippen molar-refractivity contribution in [2.24, 2.45) is 0 Å². The van der Waals surface area contributed by atoms with Gasteiger partial charge in [0.05, 0.1) is 9.68 Å². The molecule has 0 spiro atoms. The van der Waals surface area contributed by atoms with Crippen LogP contribution in [0.25, 0.3) is 0 Å². The van der Waals surface area contributed by atoms with Crippen LogP contribution >= 0.6 is 0 Å². The van der Waals surface area contributed by atoms with Crippen LogP contribution in [0.15, 0.2) is 0 Å². The molecule has 0 amide bonds. The Balaban J connectivity index is 2.34. The highest BCUT2D eigenvalue weighted by Gasteiger charge is 1.75. The molecule has 2 heteroatoms. The second kappa shape index (κ2) is 5.18. The molecule has 0 aromatic rings. The van der Waals surface area contributed by atoms with Gasteiger partial charge >= 0.3 is 0 Å². The van der Waals surface area contributed by atoms with E-state index in [2.05, 4.69) is 11.9 Å². The molecule has 0 radical (unpaired) electrons. The molecule has 0 fully saturated rings. The summed E-state index contributed by atoms with van der Waals surface area (Å²) < 4.78 is 0. The van der Waals surface area contributed by atoms with Crippen LogP contribution in [0.5, 0.6) is 0 Å². The monoisotopic (exact) mass is 103 g/mol. The van der Waals surface area contributed by atoms with Crippen LogP contribution in [0, 0.1) is 0 Å². The third-order valence-corrected chi connectivity index (χ3v) is 2.34. The minimum atomic E-state index is 0.172. The molecule has 0 atom stereocenters. The number of hydrogen-bond donors (Lipinski definition) is 1. The van der Waals surface area contributed by atoms with Crippen LogP contribution in [0.3, 0.4) is 0 Å². The van der Waals surface area contributed by atoms with Gasteiger partial charge in [-0.05, 0) is 7.05 Å². The van der Waals surface area contributed by atoms with Gasteiger partial charge in [0.25, 0.3) is 0 Å². The van der Waals surface area contributed by atoms with Crippen molar-refractivity contribution >= 4 is 9.68 Å². The zero-order valence-corrected chi connectivity index (χ0v) is 6.04. The molecular formula is C4H13NSi. The Morgan fingerprint density at radius 3 is 2.50 bits per heavy atom. The molecule has 0 aliphatic rings. The quantitative estimate of drug-likeness (QED) is 0.395. The van der Waals surface area contributed by atoms with Crippen molar-refractivity contribution in [1.82, 2.24) is 4.98 Å². The van der Waals surface area contributed by atoms with Gasteiger partial charge in [0.15, 0.2) is 0 Å². The normalized spacial score (nSPS) is 11.0. The molecule has 0 aliphatic carbocycles. The molecule has 1 N–H and O–H groups in total. The summed E-state index contributed by atoms with van der Waals surface area (Å²) in [6.07, 6.45) is 1.35. The molecule has 0 rings (SSSR count). The number of nitrogens with one attached hydrogen (secondary N) is 1. The summed E-state index contributed by atoms with van der Waals surface area (Å²) in [5, 5.41) is 0. The van der Waals surface area contributed by atoms with E-state index in [0.717, 1.165) is 0 Å². The summed E-state index contributed by atoms with van der Waals surface area (Å²) in [6.45, 7) is 2.23. The number of rotatable bonds is 3. The molecule has 0 aromatic carbocycles. The summed E-state index contributed by atoms with van der Waals surface area (Å²) in [5.74, 6) is 0. The fourth-order valence-electron chi connectivity index (χ4n) is 0.354. The van der Waals surface area contributed by atoms with Crippen molar-refractivity contribution in [3.63, 3.8) is 0 Å².